The minimum Gasteiger partial charge on any atom is -0.331 e. The Bertz CT molecular complexity index is 865. The van der Waals surface area contributed by atoms with E-state index in [0.717, 1.165) is 5.69 Å². The number of para-hydroxylation sites is 1. The summed E-state index contributed by atoms with van der Waals surface area (Å²) in [4.78, 5) is 0. The highest BCUT2D eigenvalue weighted by Gasteiger charge is 2.06. The Morgan fingerprint density at radius 2 is 1.88 bits per heavy atom. The highest BCUT2D eigenvalue weighted by molar-refractivity contribution is 7.80. The summed E-state index contributed by atoms with van der Waals surface area (Å²) >= 11 is 11.3. The molecule has 0 saturated carbocycles. The molecule has 7 heteroatoms. The first kappa shape index (κ1) is 16.4. The van der Waals surface area contributed by atoms with Crippen molar-refractivity contribution >= 4 is 40.3 Å². The van der Waals surface area contributed by atoms with Crippen molar-refractivity contribution in [2.75, 3.05) is 10.6 Å². The molecule has 24 heavy (non-hydrogen) atoms. The molecule has 0 aliphatic carbocycles. The number of halogens is 2. The third-order valence-electron chi connectivity index (χ3n) is 3.30. The minimum atomic E-state index is -0.251. The predicted octanol–water partition coefficient (Wildman–Crippen LogP) is 4.53. The molecule has 0 unspecified atom stereocenters. The van der Waals surface area contributed by atoms with Gasteiger partial charge in [0.2, 0.25) is 0 Å². The van der Waals surface area contributed by atoms with E-state index in [4.69, 9.17) is 23.8 Å². The smallest absolute Gasteiger partial charge is 0.175 e. The van der Waals surface area contributed by atoms with Crippen LogP contribution in [0.1, 0.15) is 5.56 Å². The van der Waals surface area contributed by atoms with Gasteiger partial charge in [-0.1, -0.05) is 41.9 Å². The Labute approximate surface area is 149 Å². The SMILES string of the molecule is Fc1ccccc1Cn1cc(NC(=S)Nc2ccccc2Cl)cn1. The molecular formula is C17H14ClFN4S. The highest BCUT2D eigenvalue weighted by Crippen LogP contribution is 2.20. The standard InChI is InChI=1S/C17H14ClFN4S/c18-14-6-2-4-8-16(14)22-17(24)21-13-9-20-23(11-13)10-12-5-1-3-7-15(12)19/h1-9,11H,10H2,(H2,21,22,24). The molecular weight excluding hydrogens is 347 g/mol. The number of benzene rings is 2. The van der Waals surface area contributed by atoms with Gasteiger partial charge in [-0.2, -0.15) is 5.10 Å². The average Bonchev–Trinajstić information content (AvgIpc) is 2.99. The quantitative estimate of drug-likeness (QED) is 0.671. The maximum absolute atomic E-state index is 13.7. The van der Waals surface area contributed by atoms with Gasteiger partial charge in [0.1, 0.15) is 5.82 Å². The molecule has 2 N–H and O–H groups in total. The number of aromatic nitrogens is 2. The fraction of sp³-hybridized carbons (Fsp3) is 0.0588. The molecule has 122 valence electrons. The highest BCUT2D eigenvalue weighted by atomic mass is 35.5. The Hall–Kier alpha value is -2.44. The summed E-state index contributed by atoms with van der Waals surface area (Å²) in [5.74, 6) is -0.251. The van der Waals surface area contributed by atoms with Crippen molar-refractivity contribution in [1.29, 1.82) is 0 Å². The lowest BCUT2D eigenvalue weighted by Gasteiger charge is -2.10. The van der Waals surface area contributed by atoms with Crippen molar-refractivity contribution in [2.24, 2.45) is 0 Å². The van der Waals surface area contributed by atoms with Gasteiger partial charge in [0.05, 0.1) is 29.1 Å². The molecule has 0 aliphatic heterocycles. The first-order chi connectivity index (χ1) is 11.6. The monoisotopic (exact) mass is 360 g/mol. The molecule has 0 aliphatic rings. The van der Waals surface area contributed by atoms with Crippen LogP contribution in [0.3, 0.4) is 0 Å². The second-order valence-corrected chi connectivity index (χ2v) is 5.89. The molecule has 3 aromatic rings. The van der Waals surface area contributed by atoms with E-state index >= 15 is 0 Å². The molecule has 0 atom stereocenters. The summed E-state index contributed by atoms with van der Waals surface area (Å²) in [5, 5.41) is 11.2. The largest absolute Gasteiger partial charge is 0.331 e. The molecule has 3 rings (SSSR count). The van der Waals surface area contributed by atoms with Crippen LogP contribution in [0, 0.1) is 5.82 Å². The number of hydrogen-bond acceptors (Lipinski definition) is 2. The van der Waals surface area contributed by atoms with E-state index in [1.165, 1.54) is 6.07 Å². The van der Waals surface area contributed by atoms with E-state index in [2.05, 4.69) is 15.7 Å². The summed E-state index contributed by atoms with van der Waals surface area (Å²) < 4.78 is 15.3. The van der Waals surface area contributed by atoms with Gasteiger partial charge in [0.15, 0.2) is 5.11 Å². The Morgan fingerprint density at radius 1 is 1.12 bits per heavy atom. The molecule has 1 aromatic heterocycles. The number of nitrogens with zero attached hydrogens (tertiary/aromatic N) is 2. The lowest BCUT2D eigenvalue weighted by molar-refractivity contribution is 0.585. The van der Waals surface area contributed by atoms with Crippen molar-refractivity contribution in [1.82, 2.24) is 9.78 Å². The van der Waals surface area contributed by atoms with Crippen LogP contribution in [0.4, 0.5) is 15.8 Å². The van der Waals surface area contributed by atoms with E-state index in [1.807, 2.05) is 18.2 Å². The molecule has 1 heterocycles. The summed E-state index contributed by atoms with van der Waals surface area (Å²) in [7, 11) is 0. The van der Waals surface area contributed by atoms with Crippen molar-refractivity contribution in [2.45, 2.75) is 6.54 Å². The van der Waals surface area contributed by atoms with Gasteiger partial charge < -0.3 is 10.6 Å². The zero-order chi connectivity index (χ0) is 16.9. The van der Waals surface area contributed by atoms with Gasteiger partial charge in [-0.15, -0.1) is 0 Å². The van der Waals surface area contributed by atoms with Gasteiger partial charge in [-0.3, -0.25) is 4.68 Å². The van der Waals surface area contributed by atoms with E-state index in [-0.39, 0.29) is 5.82 Å². The van der Waals surface area contributed by atoms with Gasteiger partial charge in [-0.05, 0) is 30.4 Å². The number of nitrogens with one attached hydrogen (secondary N) is 2. The fourth-order valence-electron chi connectivity index (χ4n) is 2.16. The van der Waals surface area contributed by atoms with Gasteiger partial charge in [0, 0.05) is 11.8 Å². The average molecular weight is 361 g/mol. The molecule has 0 amide bonds. The van der Waals surface area contributed by atoms with E-state index < -0.39 is 0 Å². The lowest BCUT2D eigenvalue weighted by atomic mass is 10.2. The summed E-state index contributed by atoms with van der Waals surface area (Å²) in [6.45, 7) is 0.346. The summed E-state index contributed by atoms with van der Waals surface area (Å²) in [6.07, 6.45) is 3.38. The maximum Gasteiger partial charge on any atom is 0.175 e. The van der Waals surface area contributed by atoms with Crippen molar-refractivity contribution in [3.8, 4) is 0 Å². The first-order valence-electron chi connectivity index (χ1n) is 7.20. The normalized spacial score (nSPS) is 10.4. The van der Waals surface area contributed by atoms with Crippen molar-refractivity contribution < 1.29 is 4.39 Å². The third-order valence-corrected chi connectivity index (χ3v) is 3.84. The topological polar surface area (TPSA) is 41.9 Å². The number of anilines is 2. The van der Waals surface area contributed by atoms with Crippen LogP contribution in [-0.4, -0.2) is 14.9 Å². The maximum atomic E-state index is 13.7. The molecule has 2 aromatic carbocycles. The van der Waals surface area contributed by atoms with E-state index in [1.54, 1.807) is 41.3 Å². The second-order valence-electron chi connectivity index (χ2n) is 5.08. The lowest BCUT2D eigenvalue weighted by Crippen LogP contribution is -2.18. The first-order valence-corrected chi connectivity index (χ1v) is 7.99. The summed E-state index contributed by atoms with van der Waals surface area (Å²) in [6, 6.07) is 13.9. The zero-order valence-electron chi connectivity index (χ0n) is 12.5. The number of rotatable bonds is 4. The molecule has 0 radical (unpaired) electrons. The Kier molecular flexibility index (Phi) is 5.08. The Morgan fingerprint density at radius 3 is 2.67 bits per heavy atom. The molecule has 4 nitrogen and oxygen atoms in total. The van der Waals surface area contributed by atoms with E-state index in [0.29, 0.717) is 27.9 Å². The summed E-state index contributed by atoms with van der Waals surface area (Å²) in [5.41, 5.74) is 2.00. The third kappa shape index (κ3) is 4.10. The predicted molar refractivity (Wildman–Crippen MR) is 99.0 cm³/mol. The van der Waals surface area contributed by atoms with Crippen LogP contribution >= 0.6 is 23.8 Å². The Balaban J connectivity index is 1.63. The van der Waals surface area contributed by atoms with Crippen LogP contribution in [0.15, 0.2) is 60.9 Å². The van der Waals surface area contributed by atoms with Crippen LogP contribution < -0.4 is 10.6 Å². The fourth-order valence-corrected chi connectivity index (χ4v) is 2.57. The molecule has 0 saturated heterocycles. The number of hydrogen-bond donors (Lipinski definition) is 2. The van der Waals surface area contributed by atoms with Crippen molar-refractivity contribution in [3.63, 3.8) is 0 Å². The van der Waals surface area contributed by atoms with Gasteiger partial charge in [-0.25, -0.2) is 4.39 Å². The molecule has 0 fully saturated rings. The molecule has 0 bridgehead atoms. The van der Waals surface area contributed by atoms with Crippen molar-refractivity contribution in [3.05, 3.63) is 77.3 Å². The van der Waals surface area contributed by atoms with Crippen LogP contribution in [0.25, 0.3) is 0 Å². The van der Waals surface area contributed by atoms with Crippen LogP contribution in [0.2, 0.25) is 5.02 Å². The zero-order valence-corrected chi connectivity index (χ0v) is 14.1. The number of thiocarbonyl (C=S) groups is 1. The van der Waals surface area contributed by atoms with Gasteiger partial charge in [0.25, 0.3) is 0 Å². The minimum absolute atomic E-state index is 0.251. The molecule has 0 spiro atoms. The van der Waals surface area contributed by atoms with Crippen LogP contribution in [0.5, 0.6) is 0 Å². The van der Waals surface area contributed by atoms with E-state index in [9.17, 15) is 4.39 Å². The van der Waals surface area contributed by atoms with Crippen LogP contribution in [-0.2, 0) is 6.54 Å². The second kappa shape index (κ2) is 7.42. The van der Waals surface area contributed by atoms with Gasteiger partial charge >= 0.3 is 0 Å².